The van der Waals surface area contributed by atoms with E-state index in [4.69, 9.17) is 0 Å². The highest BCUT2D eigenvalue weighted by atomic mass is 79.9. The summed E-state index contributed by atoms with van der Waals surface area (Å²) < 4.78 is 48.5. The second kappa shape index (κ2) is 6.10. The SMILES string of the molecule is Fc1cc(=COBr)c(=COBr)cc1C(F)(F)Br. The molecule has 0 fully saturated rings. The van der Waals surface area contributed by atoms with Crippen LogP contribution in [0.4, 0.5) is 13.2 Å². The Hall–Kier alpha value is -0.210. The summed E-state index contributed by atoms with van der Waals surface area (Å²) in [6, 6.07) is 1.85. The third kappa shape index (κ3) is 3.89. The van der Waals surface area contributed by atoms with Gasteiger partial charge in [-0.05, 0) is 28.1 Å². The molecule has 2 nitrogen and oxygen atoms in total. The monoisotopic (exact) mass is 438 g/mol. The van der Waals surface area contributed by atoms with Crippen molar-refractivity contribution in [3.05, 3.63) is 34.0 Å². The second-order valence-corrected chi connectivity index (χ2v) is 4.62. The van der Waals surface area contributed by atoms with Gasteiger partial charge in [-0.3, -0.25) is 0 Å². The van der Waals surface area contributed by atoms with Crippen LogP contribution in [0.15, 0.2) is 12.1 Å². The smallest absolute Gasteiger partial charge is 0.329 e. The van der Waals surface area contributed by atoms with E-state index < -0.39 is 16.2 Å². The molecule has 0 unspecified atom stereocenters. The number of hydrogen-bond donors (Lipinski definition) is 0. The van der Waals surface area contributed by atoms with Gasteiger partial charge < -0.3 is 7.66 Å². The first-order chi connectivity index (χ1) is 7.90. The molecule has 0 heterocycles. The molecule has 0 bridgehead atoms. The van der Waals surface area contributed by atoms with Gasteiger partial charge in [-0.1, -0.05) is 0 Å². The highest BCUT2D eigenvalue weighted by Gasteiger charge is 2.30. The molecule has 0 radical (unpaired) electrons. The Morgan fingerprint density at radius 3 is 1.94 bits per heavy atom. The summed E-state index contributed by atoms with van der Waals surface area (Å²) in [5.74, 6) is -1.06. The van der Waals surface area contributed by atoms with Gasteiger partial charge >= 0.3 is 4.83 Å². The lowest BCUT2D eigenvalue weighted by Gasteiger charge is -2.09. The Morgan fingerprint density at radius 1 is 1.06 bits per heavy atom. The van der Waals surface area contributed by atoms with Crippen LogP contribution in [0.1, 0.15) is 5.56 Å². The molecule has 1 aromatic carbocycles. The molecule has 0 amide bonds. The molecule has 0 atom stereocenters. The lowest BCUT2D eigenvalue weighted by Crippen LogP contribution is -2.28. The molecule has 1 rings (SSSR count). The zero-order valence-electron chi connectivity index (χ0n) is 7.89. The maximum atomic E-state index is 13.4. The minimum Gasteiger partial charge on any atom is -0.425 e. The maximum Gasteiger partial charge on any atom is 0.329 e. The van der Waals surface area contributed by atoms with E-state index in [9.17, 15) is 13.2 Å². The number of rotatable bonds is 3. The summed E-state index contributed by atoms with van der Waals surface area (Å²) in [6.07, 6.45) is 2.26. The predicted molar refractivity (Wildman–Crippen MR) is 67.4 cm³/mol. The van der Waals surface area contributed by atoms with E-state index in [-0.39, 0.29) is 10.4 Å². The third-order valence-electron chi connectivity index (χ3n) is 1.82. The van der Waals surface area contributed by atoms with Gasteiger partial charge in [-0.25, -0.2) is 4.39 Å². The molecule has 17 heavy (non-hydrogen) atoms. The summed E-state index contributed by atoms with van der Waals surface area (Å²) in [5.41, 5.74) is -0.792. The molecule has 94 valence electrons. The van der Waals surface area contributed by atoms with Crippen molar-refractivity contribution >= 4 is 61.0 Å². The molecule has 0 aliphatic rings. The fourth-order valence-electron chi connectivity index (χ4n) is 1.12. The second-order valence-electron chi connectivity index (χ2n) is 2.87. The minimum absolute atomic E-state index is 0.219. The third-order valence-corrected chi connectivity index (χ3v) is 2.62. The van der Waals surface area contributed by atoms with Crippen LogP contribution in [0.3, 0.4) is 0 Å². The highest BCUT2D eigenvalue weighted by molar-refractivity contribution is 9.09. The van der Waals surface area contributed by atoms with Crippen LogP contribution in [0.5, 0.6) is 0 Å². The van der Waals surface area contributed by atoms with Crippen molar-refractivity contribution in [1.82, 2.24) is 0 Å². The van der Waals surface area contributed by atoms with Crippen LogP contribution in [0, 0.1) is 5.82 Å². The lowest BCUT2D eigenvalue weighted by molar-refractivity contribution is 0.110. The first-order valence-electron chi connectivity index (χ1n) is 4.02. The zero-order chi connectivity index (χ0) is 13.1. The molecular formula is C9H4Br3F3O2. The molecule has 1 aromatic rings. The zero-order valence-corrected chi connectivity index (χ0v) is 12.7. The van der Waals surface area contributed by atoms with Crippen molar-refractivity contribution in [3.8, 4) is 0 Å². The number of hydrogen-bond acceptors (Lipinski definition) is 2. The molecule has 0 aliphatic carbocycles. The van der Waals surface area contributed by atoms with Gasteiger partial charge in [0.05, 0.1) is 5.56 Å². The normalized spacial score (nSPS) is 14.0. The van der Waals surface area contributed by atoms with Gasteiger partial charge in [0, 0.05) is 10.4 Å². The first-order valence-corrected chi connectivity index (χ1v) is 6.11. The average molecular weight is 441 g/mol. The fourth-order valence-corrected chi connectivity index (χ4v) is 1.83. The Balaban J connectivity index is 3.58. The topological polar surface area (TPSA) is 18.5 Å². The molecule has 0 saturated carbocycles. The van der Waals surface area contributed by atoms with Crippen molar-refractivity contribution in [2.45, 2.75) is 4.83 Å². The summed E-state index contributed by atoms with van der Waals surface area (Å²) in [7, 11) is 0. The van der Waals surface area contributed by atoms with Gasteiger partial charge in [0.25, 0.3) is 0 Å². The summed E-state index contributed by atoms with van der Waals surface area (Å²) in [6.45, 7) is 0. The van der Waals surface area contributed by atoms with E-state index in [1.54, 1.807) is 0 Å². The van der Waals surface area contributed by atoms with Crippen LogP contribution < -0.4 is 10.4 Å². The van der Waals surface area contributed by atoms with Gasteiger partial charge in [0.15, 0.2) is 32.5 Å². The fraction of sp³-hybridized carbons (Fsp3) is 0.111. The summed E-state index contributed by atoms with van der Waals surface area (Å²) in [5, 5.41) is 0.455. The molecule has 0 saturated heterocycles. The van der Waals surface area contributed by atoms with E-state index in [1.165, 1.54) is 0 Å². The van der Waals surface area contributed by atoms with E-state index >= 15 is 0 Å². The van der Waals surface area contributed by atoms with Crippen molar-refractivity contribution in [2.75, 3.05) is 0 Å². The van der Waals surface area contributed by atoms with Gasteiger partial charge in [-0.2, -0.15) is 8.78 Å². The van der Waals surface area contributed by atoms with Crippen LogP contribution in [0.25, 0.3) is 12.5 Å². The van der Waals surface area contributed by atoms with Crippen LogP contribution in [-0.4, -0.2) is 0 Å². The Kier molecular flexibility index (Phi) is 5.33. The van der Waals surface area contributed by atoms with E-state index in [1.807, 2.05) is 0 Å². The van der Waals surface area contributed by atoms with Crippen LogP contribution in [0.2, 0.25) is 0 Å². The molecule has 0 aliphatic heterocycles. The van der Waals surface area contributed by atoms with Gasteiger partial charge in [0.1, 0.15) is 18.3 Å². The van der Waals surface area contributed by atoms with Crippen molar-refractivity contribution < 1.29 is 20.8 Å². The largest absolute Gasteiger partial charge is 0.425 e. The predicted octanol–water partition coefficient (Wildman–Crippen LogP) is 3.40. The Bertz CT molecular complexity index is 513. The van der Waals surface area contributed by atoms with Gasteiger partial charge in [-0.15, -0.1) is 0 Å². The van der Waals surface area contributed by atoms with E-state index in [0.717, 1.165) is 24.7 Å². The highest BCUT2D eigenvalue weighted by Crippen LogP contribution is 2.34. The molecule has 0 spiro atoms. The minimum atomic E-state index is -3.46. The quantitative estimate of drug-likeness (QED) is 0.671. The molecule has 8 heteroatoms. The van der Waals surface area contributed by atoms with Gasteiger partial charge in [0.2, 0.25) is 0 Å². The van der Waals surface area contributed by atoms with E-state index in [0.29, 0.717) is 0 Å². The molecule has 0 N–H and O–H groups in total. The molecule has 0 aromatic heterocycles. The summed E-state index contributed by atoms with van der Waals surface area (Å²) >= 11 is 7.40. The maximum absolute atomic E-state index is 13.4. The van der Waals surface area contributed by atoms with Crippen molar-refractivity contribution in [3.63, 3.8) is 0 Å². The number of benzene rings is 1. The first kappa shape index (κ1) is 14.8. The molecular weight excluding hydrogens is 437 g/mol. The Morgan fingerprint density at radius 2 is 1.53 bits per heavy atom. The summed E-state index contributed by atoms with van der Waals surface area (Å²) in [4.78, 5) is -3.46. The Labute approximate surface area is 120 Å². The average Bonchev–Trinajstić information content (AvgIpc) is 2.20. The number of alkyl halides is 3. The van der Waals surface area contributed by atoms with Crippen molar-refractivity contribution in [1.29, 1.82) is 0 Å². The van der Waals surface area contributed by atoms with Crippen LogP contribution >= 0.6 is 48.4 Å². The number of halogens is 6. The lowest BCUT2D eigenvalue weighted by atomic mass is 10.1. The standard InChI is InChI=1S/C9H4Br3F3O2/c10-9(14,15)7-1-5(3-16-11)6(4-17-12)2-8(7)13/h1-4H. The van der Waals surface area contributed by atoms with E-state index in [2.05, 4.69) is 56.1 Å². The van der Waals surface area contributed by atoms with Crippen LogP contribution in [-0.2, 0) is 12.5 Å². The van der Waals surface area contributed by atoms with Crippen molar-refractivity contribution in [2.24, 2.45) is 0 Å².